The van der Waals surface area contributed by atoms with Crippen molar-refractivity contribution in [2.75, 3.05) is 33.4 Å². The summed E-state index contributed by atoms with van der Waals surface area (Å²) in [4.78, 5) is 16.1. The maximum atomic E-state index is 12.9. The smallest absolute Gasteiger partial charge is 0.257 e. The summed E-state index contributed by atoms with van der Waals surface area (Å²) in [6, 6.07) is 10.0. The normalized spacial score (nSPS) is 16.9. The van der Waals surface area contributed by atoms with Crippen LogP contribution in [0.4, 0.5) is 0 Å². The first-order chi connectivity index (χ1) is 14.2. The summed E-state index contributed by atoms with van der Waals surface area (Å²) in [5.41, 5.74) is 1.68. The summed E-state index contributed by atoms with van der Waals surface area (Å²) in [5, 5.41) is 16.7. The molecule has 0 bridgehead atoms. The molecule has 10 heteroatoms. The number of carbonyl (C=O) groups is 1. The molecular formula is C19H23N7O3. The van der Waals surface area contributed by atoms with Crippen molar-refractivity contribution in [3.63, 3.8) is 0 Å². The van der Waals surface area contributed by atoms with Gasteiger partial charge in [0.2, 0.25) is 5.82 Å². The largest absolute Gasteiger partial charge is 0.383 e. The van der Waals surface area contributed by atoms with Crippen molar-refractivity contribution in [2.45, 2.75) is 19.2 Å². The zero-order valence-corrected chi connectivity index (χ0v) is 16.2. The van der Waals surface area contributed by atoms with Crippen LogP contribution in [0.5, 0.6) is 0 Å². The van der Waals surface area contributed by atoms with E-state index in [0.717, 1.165) is 5.56 Å². The number of nitrogens with zero attached hydrogens (tertiary/aromatic N) is 7. The van der Waals surface area contributed by atoms with Crippen molar-refractivity contribution < 1.29 is 14.3 Å². The second-order valence-electron chi connectivity index (χ2n) is 6.76. The third kappa shape index (κ3) is 4.66. The van der Waals surface area contributed by atoms with Crippen LogP contribution in [0.25, 0.3) is 0 Å². The minimum absolute atomic E-state index is 0.0793. The van der Waals surface area contributed by atoms with Crippen LogP contribution < -0.4 is 0 Å². The Bertz CT molecular complexity index is 940. The Morgan fingerprint density at radius 1 is 1.31 bits per heavy atom. The van der Waals surface area contributed by atoms with Gasteiger partial charge in [-0.1, -0.05) is 30.3 Å². The predicted molar refractivity (Wildman–Crippen MR) is 102 cm³/mol. The molecule has 1 atom stereocenters. The number of carbonyl (C=O) groups excluding carboxylic acids is 1. The van der Waals surface area contributed by atoms with E-state index < -0.39 is 6.10 Å². The number of methoxy groups -OCH3 is 1. The highest BCUT2D eigenvalue weighted by Crippen LogP contribution is 2.20. The molecule has 29 heavy (non-hydrogen) atoms. The molecule has 1 aromatic carbocycles. The number of hydrogen-bond acceptors (Lipinski definition) is 7. The monoisotopic (exact) mass is 397 g/mol. The van der Waals surface area contributed by atoms with Crippen LogP contribution >= 0.6 is 0 Å². The third-order valence-corrected chi connectivity index (χ3v) is 4.67. The highest BCUT2D eigenvalue weighted by atomic mass is 16.5. The fourth-order valence-corrected chi connectivity index (χ4v) is 3.16. The molecule has 4 rings (SSSR count). The molecule has 1 aliphatic heterocycles. The van der Waals surface area contributed by atoms with Gasteiger partial charge in [-0.3, -0.25) is 9.48 Å². The van der Waals surface area contributed by atoms with Crippen molar-refractivity contribution in [1.29, 1.82) is 0 Å². The van der Waals surface area contributed by atoms with Gasteiger partial charge in [0.05, 0.1) is 44.6 Å². The molecular weight excluding hydrogens is 374 g/mol. The molecule has 1 fully saturated rings. The second-order valence-corrected chi connectivity index (χ2v) is 6.76. The number of ether oxygens (including phenoxy) is 2. The number of rotatable bonds is 7. The van der Waals surface area contributed by atoms with Crippen LogP contribution in [0.1, 0.15) is 27.8 Å². The molecule has 0 N–H and O–H groups in total. The lowest BCUT2D eigenvalue weighted by atomic mass is 10.2. The summed E-state index contributed by atoms with van der Waals surface area (Å²) in [7, 11) is 1.62. The third-order valence-electron chi connectivity index (χ3n) is 4.67. The molecule has 10 nitrogen and oxygen atoms in total. The second kappa shape index (κ2) is 8.93. The van der Waals surface area contributed by atoms with Crippen molar-refractivity contribution in [1.82, 2.24) is 34.9 Å². The highest BCUT2D eigenvalue weighted by Gasteiger charge is 2.29. The van der Waals surface area contributed by atoms with Gasteiger partial charge in [0.25, 0.3) is 5.91 Å². The van der Waals surface area contributed by atoms with Gasteiger partial charge in [-0.2, -0.15) is 9.90 Å². The number of amides is 1. The van der Waals surface area contributed by atoms with Crippen LogP contribution in [-0.4, -0.2) is 74.2 Å². The minimum Gasteiger partial charge on any atom is -0.383 e. The van der Waals surface area contributed by atoms with Crippen LogP contribution in [0.15, 0.2) is 42.7 Å². The molecule has 1 saturated heterocycles. The number of hydrogen-bond donors (Lipinski definition) is 0. The fourth-order valence-electron chi connectivity index (χ4n) is 3.16. The zero-order chi connectivity index (χ0) is 20.1. The number of aromatic nitrogens is 6. The van der Waals surface area contributed by atoms with E-state index in [1.165, 1.54) is 4.80 Å². The average molecular weight is 397 g/mol. The fraction of sp³-hybridized carbons (Fsp3) is 0.421. The van der Waals surface area contributed by atoms with Gasteiger partial charge in [-0.15, -0.1) is 10.2 Å². The molecule has 2 aromatic heterocycles. The summed E-state index contributed by atoms with van der Waals surface area (Å²) in [6.45, 7) is 2.93. The Hall–Kier alpha value is -3.11. The standard InChI is InChI=1S/C19H23N7O3/c1-28-9-8-26-22-18(21-23-26)17-14-24(7-10-29-17)19(27)16-11-20-25(13-16)12-15-5-3-2-4-6-15/h2-6,11,13,17H,7-10,12,14H2,1H3. The summed E-state index contributed by atoms with van der Waals surface area (Å²) in [6.07, 6.45) is 2.98. The SMILES string of the molecule is COCCn1nnc(C2CN(C(=O)c3cnn(Cc4ccccc4)c3)CCO2)n1. The number of tetrazole rings is 1. The Kier molecular flexibility index (Phi) is 5.92. The zero-order valence-electron chi connectivity index (χ0n) is 16.2. The molecule has 0 saturated carbocycles. The van der Waals surface area contributed by atoms with Gasteiger partial charge in [-0.05, 0) is 10.8 Å². The Morgan fingerprint density at radius 2 is 2.17 bits per heavy atom. The van der Waals surface area contributed by atoms with Crippen LogP contribution in [0.3, 0.4) is 0 Å². The van der Waals surface area contributed by atoms with Crippen LogP contribution in [0.2, 0.25) is 0 Å². The first-order valence-electron chi connectivity index (χ1n) is 9.47. The highest BCUT2D eigenvalue weighted by molar-refractivity contribution is 5.93. The van der Waals surface area contributed by atoms with E-state index in [4.69, 9.17) is 9.47 Å². The number of benzene rings is 1. The van der Waals surface area contributed by atoms with Gasteiger partial charge >= 0.3 is 0 Å². The van der Waals surface area contributed by atoms with E-state index in [2.05, 4.69) is 20.5 Å². The average Bonchev–Trinajstić information content (AvgIpc) is 3.42. The molecule has 0 aliphatic carbocycles. The van der Waals surface area contributed by atoms with Crippen molar-refractivity contribution in [2.24, 2.45) is 0 Å². The predicted octanol–water partition coefficient (Wildman–Crippen LogP) is 0.778. The van der Waals surface area contributed by atoms with E-state index in [0.29, 0.717) is 50.8 Å². The van der Waals surface area contributed by atoms with Gasteiger partial charge in [0, 0.05) is 19.9 Å². The first kappa shape index (κ1) is 19.2. The van der Waals surface area contributed by atoms with E-state index >= 15 is 0 Å². The Morgan fingerprint density at radius 3 is 3.00 bits per heavy atom. The van der Waals surface area contributed by atoms with E-state index in [1.54, 1.807) is 29.1 Å². The maximum Gasteiger partial charge on any atom is 0.257 e. The lowest BCUT2D eigenvalue weighted by Gasteiger charge is -2.31. The van der Waals surface area contributed by atoms with Crippen molar-refractivity contribution in [3.05, 3.63) is 59.7 Å². The maximum absolute atomic E-state index is 12.9. The van der Waals surface area contributed by atoms with E-state index in [1.807, 2.05) is 30.3 Å². The molecule has 0 radical (unpaired) electrons. The van der Waals surface area contributed by atoms with Gasteiger partial charge in [-0.25, -0.2) is 0 Å². The quantitative estimate of drug-likeness (QED) is 0.581. The topological polar surface area (TPSA) is 100 Å². The summed E-state index contributed by atoms with van der Waals surface area (Å²) in [5.74, 6) is 0.391. The molecule has 3 heterocycles. The molecule has 0 spiro atoms. The number of morpholine rings is 1. The van der Waals surface area contributed by atoms with Gasteiger partial charge in [0.1, 0.15) is 6.10 Å². The van der Waals surface area contributed by atoms with E-state index in [9.17, 15) is 4.79 Å². The Labute approximate surface area is 168 Å². The van der Waals surface area contributed by atoms with Crippen LogP contribution in [0, 0.1) is 0 Å². The molecule has 1 aliphatic rings. The molecule has 3 aromatic rings. The summed E-state index contributed by atoms with van der Waals surface area (Å²) >= 11 is 0. The van der Waals surface area contributed by atoms with Gasteiger partial charge in [0.15, 0.2) is 0 Å². The van der Waals surface area contributed by atoms with E-state index in [-0.39, 0.29) is 5.91 Å². The lowest BCUT2D eigenvalue weighted by Crippen LogP contribution is -2.42. The van der Waals surface area contributed by atoms with Crippen molar-refractivity contribution >= 4 is 5.91 Å². The first-order valence-corrected chi connectivity index (χ1v) is 9.47. The Balaban J connectivity index is 1.39. The summed E-state index contributed by atoms with van der Waals surface area (Å²) < 4.78 is 12.5. The van der Waals surface area contributed by atoms with Crippen LogP contribution in [-0.2, 0) is 22.6 Å². The lowest BCUT2D eigenvalue weighted by molar-refractivity contribution is -0.0269. The molecule has 1 amide bonds. The van der Waals surface area contributed by atoms with Gasteiger partial charge < -0.3 is 14.4 Å². The van der Waals surface area contributed by atoms with Crippen molar-refractivity contribution in [3.8, 4) is 0 Å². The molecule has 1 unspecified atom stereocenters. The minimum atomic E-state index is -0.400. The molecule has 152 valence electrons.